The molecule has 0 spiro atoms. The number of esters is 1. The first-order chi connectivity index (χ1) is 31.3. The minimum atomic E-state index is -1.99. The van der Waals surface area contributed by atoms with Gasteiger partial charge in [0.1, 0.15) is 29.7 Å². The van der Waals surface area contributed by atoms with Gasteiger partial charge in [-0.15, -0.1) is 0 Å². The molecule has 0 aromatic carbocycles. The molecule has 16 nitrogen and oxygen atoms in total. The molecule has 4 saturated carbocycles. The zero-order valence-corrected chi connectivity index (χ0v) is 42.9. The number of rotatable bonds is 13. The minimum Gasteiger partial charge on any atom is -0.459 e. The van der Waals surface area contributed by atoms with Crippen LogP contribution in [0.25, 0.3) is 0 Å². The second-order valence-corrected chi connectivity index (χ2v) is 23.0. The van der Waals surface area contributed by atoms with E-state index in [4.69, 9.17) is 33.2 Å². The summed E-state index contributed by atoms with van der Waals surface area (Å²) in [6, 6.07) is -0.381. The van der Waals surface area contributed by atoms with Crippen molar-refractivity contribution in [3.8, 4) is 0 Å². The number of methoxy groups -OCH3 is 2. The third kappa shape index (κ3) is 11.3. The fourth-order valence-electron chi connectivity index (χ4n) is 13.8. The Balaban J connectivity index is 1.27. The van der Waals surface area contributed by atoms with Gasteiger partial charge in [-0.25, -0.2) is 0 Å². The maximum atomic E-state index is 14.4. The van der Waals surface area contributed by atoms with Crippen molar-refractivity contribution < 1.29 is 68.0 Å². The average Bonchev–Trinajstić information content (AvgIpc) is 3.28. The predicted molar refractivity (Wildman–Crippen MR) is 248 cm³/mol. The van der Waals surface area contributed by atoms with Crippen LogP contribution in [-0.2, 0) is 47.5 Å². The Labute approximate surface area is 400 Å². The summed E-state index contributed by atoms with van der Waals surface area (Å²) in [5.41, 5.74) is -4.56. The molecule has 18 atom stereocenters. The maximum absolute atomic E-state index is 14.4. The number of carbonyl (C=O) groups excluding carboxylic acids is 3. The lowest BCUT2D eigenvalue weighted by atomic mass is 9.49. The Bertz CT molecular complexity index is 1660. The molecule has 0 radical (unpaired) electrons. The van der Waals surface area contributed by atoms with Crippen LogP contribution in [0, 0.1) is 46.8 Å². The summed E-state index contributed by atoms with van der Waals surface area (Å²) in [6.07, 6.45) is -1.71. The van der Waals surface area contributed by atoms with Crippen molar-refractivity contribution in [3.63, 3.8) is 0 Å². The number of ether oxygens (including phenoxy) is 7. The number of nitrogens with zero attached hydrogens (tertiary/aromatic N) is 1. The van der Waals surface area contributed by atoms with Crippen LogP contribution < -0.4 is 5.32 Å². The predicted octanol–water partition coefficient (Wildman–Crippen LogP) is 4.53. The van der Waals surface area contributed by atoms with E-state index in [9.17, 15) is 34.8 Å². The summed E-state index contributed by atoms with van der Waals surface area (Å²) in [6.45, 7) is 18.3. The molecule has 7 aliphatic rings. The normalized spacial score (nSPS) is 48.8. The molecule has 16 heteroatoms. The first kappa shape index (κ1) is 54.5. The molecule has 7 fully saturated rings. The highest BCUT2D eigenvalue weighted by Gasteiger charge is 2.56. The second-order valence-electron chi connectivity index (χ2n) is 23.0. The van der Waals surface area contributed by atoms with Gasteiger partial charge in [-0.05, 0) is 137 Å². The summed E-state index contributed by atoms with van der Waals surface area (Å²) < 4.78 is 44.8. The molecule has 4 aliphatic carbocycles. The minimum absolute atomic E-state index is 0.0842. The van der Waals surface area contributed by atoms with Gasteiger partial charge in [0.15, 0.2) is 12.6 Å². The number of amides is 1. The van der Waals surface area contributed by atoms with Crippen LogP contribution in [0.2, 0.25) is 0 Å². The third-order valence-electron chi connectivity index (χ3n) is 17.7. The molecule has 3 aliphatic heterocycles. The van der Waals surface area contributed by atoms with Crippen LogP contribution in [0.5, 0.6) is 0 Å². The Morgan fingerprint density at radius 2 is 1.40 bits per heavy atom. The number of cyclic esters (lactones) is 1. The highest BCUT2D eigenvalue weighted by molar-refractivity contribution is 5.84. The first-order valence-electron chi connectivity index (χ1n) is 25.5. The van der Waals surface area contributed by atoms with E-state index in [-0.39, 0.29) is 48.5 Å². The Kier molecular flexibility index (Phi) is 17.5. The van der Waals surface area contributed by atoms with E-state index in [1.54, 1.807) is 41.5 Å². The number of likely N-dealkylation sites (N-methyl/N-ethyl adjacent to an activating group) is 1. The zero-order valence-electron chi connectivity index (χ0n) is 42.9. The topological polar surface area (TPSA) is 212 Å². The quantitative estimate of drug-likeness (QED) is 0.127. The van der Waals surface area contributed by atoms with Gasteiger partial charge in [-0.1, -0.05) is 27.7 Å². The summed E-state index contributed by atoms with van der Waals surface area (Å²) >= 11 is 0. The molecule has 386 valence electrons. The van der Waals surface area contributed by atoms with Crippen molar-refractivity contribution in [2.24, 2.45) is 46.8 Å². The third-order valence-corrected chi connectivity index (χ3v) is 17.7. The Hall–Kier alpha value is -1.83. The fraction of sp³-hybridized carbons (Fsp3) is 0.941. The van der Waals surface area contributed by atoms with Gasteiger partial charge in [0, 0.05) is 56.4 Å². The summed E-state index contributed by atoms with van der Waals surface area (Å²) in [5, 5.41) is 50.0. The van der Waals surface area contributed by atoms with Gasteiger partial charge in [-0.2, -0.15) is 0 Å². The van der Waals surface area contributed by atoms with Crippen molar-refractivity contribution in [1.29, 1.82) is 0 Å². The lowest BCUT2D eigenvalue weighted by molar-refractivity contribution is -0.319. The van der Waals surface area contributed by atoms with Gasteiger partial charge in [-0.3, -0.25) is 14.4 Å². The van der Waals surface area contributed by atoms with Crippen LogP contribution in [0.4, 0.5) is 0 Å². The van der Waals surface area contributed by atoms with Crippen LogP contribution in [-0.4, -0.2) is 162 Å². The molecule has 67 heavy (non-hydrogen) atoms. The highest BCUT2D eigenvalue weighted by atomic mass is 16.7. The Morgan fingerprint density at radius 1 is 0.806 bits per heavy atom. The van der Waals surface area contributed by atoms with Crippen molar-refractivity contribution in [1.82, 2.24) is 10.2 Å². The van der Waals surface area contributed by atoms with Crippen molar-refractivity contribution in [2.75, 3.05) is 34.4 Å². The molecule has 0 unspecified atom stereocenters. The fourth-order valence-corrected chi connectivity index (χ4v) is 13.8. The lowest BCUT2D eigenvalue weighted by Crippen LogP contribution is -2.61. The van der Waals surface area contributed by atoms with Crippen molar-refractivity contribution in [2.45, 2.75) is 224 Å². The number of carbonyl (C=O) groups is 3. The van der Waals surface area contributed by atoms with Gasteiger partial charge in [0.2, 0.25) is 5.91 Å². The molecular weight excluding hydrogens is 865 g/mol. The number of hydrogen-bond donors (Lipinski definition) is 5. The molecular formula is C51H88N2O14. The standard InChI is InChI=1S/C51H88N2O14/c1-14-37-50(10,60)42(56)29(4)39(54)27(2)22-49(9,62-13)44(30(5)41(31(6)45(58)65-37)66-38-26-48(8,61-12)43(57)32(7)64-38)67-46-40(55)36(18-28(3)63-46)53(11)17-15-16-52-47(59)51-23-33-19-34(24-51)21-35(20-33)25-51/h27-38,40-44,46,55-57,60H,14-26H2,1-13H3,(H,52,59)/t27-,28-,29+,30+,31-,32+,33?,34?,35?,36+,37-,38+,40-,41+,42-,43+,44-,46+,48-,49-,50-,51?/m1/s1. The monoisotopic (exact) mass is 953 g/mol. The number of hydrogen-bond acceptors (Lipinski definition) is 15. The molecule has 4 bridgehead atoms. The number of aliphatic hydroxyl groups is 4. The van der Waals surface area contributed by atoms with Crippen LogP contribution in [0.15, 0.2) is 0 Å². The number of Topliss-reactive ketones (excluding diaryl/α,β-unsaturated/α-hetero) is 1. The van der Waals surface area contributed by atoms with E-state index in [0.717, 1.165) is 19.3 Å². The van der Waals surface area contributed by atoms with Gasteiger partial charge >= 0.3 is 5.97 Å². The molecule has 1 amide bonds. The number of ketones is 1. The largest absolute Gasteiger partial charge is 0.459 e. The summed E-state index contributed by atoms with van der Waals surface area (Å²) in [5.74, 6) is -2.37. The molecule has 0 aromatic rings. The SMILES string of the molecule is CC[C@H]1OC(=O)[C@H](C)[C@@H](O[C@H]2C[C@@](C)(OC)[C@@H](O)[C@H](C)O2)[C@H](C)[C@@H](O[C@@H]2O[C@H](C)C[C@H](N(C)CCCNC(=O)C34CC5CC(CC(C5)C3)C4)[C@H]2O)[C@](C)(OC)C[C@@H](C)C(=O)[C@H](C)[C@@H](O)[C@]1(C)O. The number of nitrogens with one attached hydrogen (secondary N) is 1. The van der Waals surface area contributed by atoms with E-state index >= 15 is 0 Å². The van der Waals surface area contributed by atoms with E-state index in [1.165, 1.54) is 40.4 Å². The first-order valence-corrected chi connectivity index (χ1v) is 25.5. The van der Waals surface area contributed by atoms with E-state index in [0.29, 0.717) is 43.7 Å². The molecule has 3 heterocycles. The summed E-state index contributed by atoms with van der Waals surface area (Å²) in [4.78, 5) is 44.5. The molecule has 3 saturated heterocycles. The summed E-state index contributed by atoms with van der Waals surface area (Å²) in [7, 11) is 4.99. The van der Waals surface area contributed by atoms with E-state index in [1.807, 2.05) is 27.8 Å². The second kappa shape index (κ2) is 21.5. The highest BCUT2D eigenvalue weighted by Crippen LogP contribution is 2.60. The molecule has 0 aromatic heterocycles. The van der Waals surface area contributed by atoms with Crippen LogP contribution >= 0.6 is 0 Å². The van der Waals surface area contributed by atoms with Crippen molar-refractivity contribution in [3.05, 3.63) is 0 Å². The smallest absolute Gasteiger partial charge is 0.311 e. The van der Waals surface area contributed by atoms with Gasteiger partial charge < -0.3 is 63.8 Å². The van der Waals surface area contributed by atoms with Gasteiger partial charge in [0.25, 0.3) is 0 Å². The Morgan fingerprint density at radius 3 is 1.97 bits per heavy atom. The van der Waals surface area contributed by atoms with E-state index < -0.39 is 102 Å². The van der Waals surface area contributed by atoms with Gasteiger partial charge in [0.05, 0.1) is 47.6 Å². The molecule has 5 N–H and O–H groups in total. The van der Waals surface area contributed by atoms with E-state index in [2.05, 4.69) is 10.2 Å². The lowest BCUT2D eigenvalue weighted by Gasteiger charge is -2.55. The molecule has 7 rings (SSSR count). The van der Waals surface area contributed by atoms with Crippen LogP contribution in [0.1, 0.15) is 140 Å². The number of aliphatic hydroxyl groups excluding tert-OH is 3. The zero-order chi connectivity index (χ0) is 49.6. The van der Waals surface area contributed by atoms with Crippen molar-refractivity contribution >= 4 is 17.7 Å². The average molecular weight is 953 g/mol. The van der Waals surface area contributed by atoms with Crippen LogP contribution in [0.3, 0.4) is 0 Å². The maximum Gasteiger partial charge on any atom is 0.311 e.